The lowest BCUT2D eigenvalue weighted by Gasteiger charge is -2.37. The topological polar surface area (TPSA) is 58.3 Å². The van der Waals surface area contributed by atoms with E-state index in [0.717, 1.165) is 24.9 Å². The highest BCUT2D eigenvalue weighted by Gasteiger charge is 2.33. The molecule has 0 saturated heterocycles. The van der Waals surface area contributed by atoms with Gasteiger partial charge in [0.1, 0.15) is 0 Å². The summed E-state index contributed by atoms with van der Waals surface area (Å²) in [6.45, 7) is 0.554. The minimum atomic E-state index is -0.536. The molecule has 1 aliphatic carbocycles. The third kappa shape index (κ3) is 2.36. The van der Waals surface area contributed by atoms with E-state index in [1.807, 2.05) is 6.07 Å². The molecule has 4 N–H and O–H groups in total. The fraction of sp³-hybridized carbons (Fsp3) is 0.455. The third-order valence-corrected chi connectivity index (χ3v) is 3.14. The average molecular weight is 227 g/mol. The summed E-state index contributed by atoms with van der Waals surface area (Å²) < 4.78 is 0. The Morgan fingerprint density at radius 1 is 1.47 bits per heavy atom. The van der Waals surface area contributed by atoms with Gasteiger partial charge in [0.25, 0.3) is 0 Å². The van der Waals surface area contributed by atoms with E-state index in [9.17, 15) is 5.11 Å². The molecule has 82 valence electrons. The van der Waals surface area contributed by atoms with Gasteiger partial charge >= 0.3 is 0 Å². The minimum Gasteiger partial charge on any atom is -0.397 e. The maximum Gasteiger partial charge on any atom is 0.0819 e. The van der Waals surface area contributed by atoms with Gasteiger partial charge in [0.15, 0.2) is 0 Å². The molecular formula is C11H15ClN2O. The largest absolute Gasteiger partial charge is 0.397 e. The van der Waals surface area contributed by atoms with Crippen LogP contribution in [0.2, 0.25) is 5.02 Å². The minimum absolute atomic E-state index is 0.536. The van der Waals surface area contributed by atoms with Crippen LogP contribution < -0.4 is 11.1 Å². The van der Waals surface area contributed by atoms with Gasteiger partial charge in [-0.25, -0.2) is 0 Å². The first-order valence-corrected chi connectivity index (χ1v) is 5.48. The number of halogens is 1. The average Bonchev–Trinajstić information content (AvgIpc) is 2.14. The van der Waals surface area contributed by atoms with Crippen molar-refractivity contribution in [2.45, 2.75) is 24.9 Å². The van der Waals surface area contributed by atoms with Gasteiger partial charge in [-0.05, 0) is 37.5 Å². The van der Waals surface area contributed by atoms with Crippen molar-refractivity contribution in [3.63, 3.8) is 0 Å². The van der Waals surface area contributed by atoms with E-state index in [0.29, 0.717) is 17.3 Å². The zero-order valence-corrected chi connectivity index (χ0v) is 9.22. The highest BCUT2D eigenvalue weighted by atomic mass is 35.5. The molecular weight excluding hydrogens is 212 g/mol. The normalized spacial score (nSPS) is 18.3. The van der Waals surface area contributed by atoms with Crippen molar-refractivity contribution in [1.82, 2.24) is 0 Å². The van der Waals surface area contributed by atoms with Gasteiger partial charge in [0.2, 0.25) is 0 Å². The van der Waals surface area contributed by atoms with Crippen LogP contribution in [0.25, 0.3) is 0 Å². The van der Waals surface area contributed by atoms with Crippen LogP contribution >= 0.6 is 11.6 Å². The molecule has 0 heterocycles. The van der Waals surface area contributed by atoms with E-state index in [2.05, 4.69) is 5.32 Å². The maximum absolute atomic E-state index is 9.89. The van der Waals surface area contributed by atoms with Crippen molar-refractivity contribution in [2.24, 2.45) is 0 Å². The van der Waals surface area contributed by atoms with Crippen molar-refractivity contribution in [3.05, 3.63) is 23.2 Å². The summed E-state index contributed by atoms with van der Waals surface area (Å²) in [5.74, 6) is 0. The van der Waals surface area contributed by atoms with Gasteiger partial charge in [0.05, 0.1) is 17.0 Å². The third-order valence-electron chi connectivity index (χ3n) is 2.91. The smallest absolute Gasteiger partial charge is 0.0819 e. The quantitative estimate of drug-likeness (QED) is 0.693. The first-order chi connectivity index (χ1) is 7.09. The van der Waals surface area contributed by atoms with Gasteiger partial charge in [0, 0.05) is 11.6 Å². The summed E-state index contributed by atoms with van der Waals surface area (Å²) in [5, 5.41) is 13.7. The first-order valence-electron chi connectivity index (χ1n) is 5.10. The van der Waals surface area contributed by atoms with Gasteiger partial charge in [-0.2, -0.15) is 0 Å². The second-order valence-electron chi connectivity index (χ2n) is 4.16. The summed E-state index contributed by atoms with van der Waals surface area (Å²) >= 11 is 5.79. The van der Waals surface area contributed by atoms with Crippen LogP contribution in [-0.2, 0) is 0 Å². The molecule has 0 aromatic heterocycles. The lowest BCUT2D eigenvalue weighted by atomic mass is 9.80. The first kappa shape index (κ1) is 10.6. The summed E-state index contributed by atoms with van der Waals surface area (Å²) in [5.41, 5.74) is 6.70. The summed E-state index contributed by atoms with van der Waals surface area (Å²) in [6, 6.07) is 5.32. The maximum atomic E-state index is 9.89. The summed E-state index contributed by atoms with van der Waals surface area (Å²) in [6.07, 6.45) is 2.84. The molecule has 0 atom stereocenters. The predicted octanol–water partition coefficient (Wildman–Crippen LogP) is 2.25. The number of nitrogen functional groups attached to an aromatic ring is 1. The molecule has 1 aromatic carbocycles. The molecule has 3 nitrogen and oxygen atoms in total. The van der Waals surface area contributed by atoms with Crippen LogP contribution in [0.15, 0.2) is 18.2 Å². The zero-order chi connectivity index (χ0) is 10.9. The number of nitrogens with one attached hydrogen (secondary N) is 1. The molecule has 1 aromatic rings. The second kappa shape index (κ2) is 3.91. The second-order valence-corrected chi connectivity index (χ2v) is 4.60. The molecule has 0 aliphatic heterocycles. The molecule has 0 unspecified atom stereocenters. The fourth-order valence-corrected chi connectivity index (χ4v) is 1.90. The number of benzene rings is 1. The van der Waals surface area contributed by atoms with Gasteiger partial charge in [-0.1, -0.05) is 11.6 Å². The number of rotatable bonds is 3. The Morgan fingerprint density at radius 3 is 2.73 bits per heavy atom. The van der Waals surface area contributed by atoms with Crippen molar-refractivity contribution in [3.8, 4) is 0 Å². The molecule has 2 rings (SSSR count). The number of nitrogens with two attached hydrogens (primary N) is 1. The van der Waals surface area contributed by atoms with E-state index >= 15 is 0 Å². The predicted molar refractivity (Wildman–Crippen MR) is 63.2 cm³/mol. The van der Waals surface area contributed by atoms with Gasteiger partial charge in [-0.15, -0.1) is 0 Å². The fourth-order valence-electron chi connectivity index (χ4n) is 1.72. The lowest BCUT2D eigenvalue weighted by molar-refractivity contribution is -0.0201. The number of hydrogen-bond donors (Lipinski definition) is 3. The summed E-state index contributed by atoms with van der Waals surface area (Å²) in [7, 11) is 0. The van der Waals surface area contributed by atoms with E-state index in [4.69, 9.17) is 17.3 Å². The van der Waals surface area contributed by atoms with Crippen molar-refractivity contribution >= 4 is 23.0 Å². The molecule has 0 radical (unpaired) electrons. The Morgan fingerprint density at radius 2 is 2.20 bits per heavy atom. The molecule has 0 spiro atoms. The molecule has 0 amide bonds. The summed E-state index contributed by atoms with van der Waals surface area (Å²) in [4.78, 5) is 0. The van der Waals surface area contributed by atoms with Gasteiger partial charge in [-0.3, -0.25) is 0 Å². The van der Waals surface area contributed by atoms with Crippen LogP contribution in [0.1, 0.15) is 19.3 Å². The van der Waals surface area contributed by atoms with Crippen LogP contribution in [0.4, 0.5) is 11.4 Å². The highest BCUT2D eigenvalue weighted by molar-refractivity contribution is 6.31. The molecule has 0 bridgehead atoms. The van der Waals surface area contributed by atoms with E-state index in [-0.39, 0.29) is 0 Å². The van der Waals surface area contributed by atoms with Gasteiger partial charge < -0.3 is 16.2 Å². The Kier molecular flexibility index (Phi) is 2.76. The Hall–Kier alpha value is -0.930. The number of hydrogen-bond acceptors (Lipinski definition) is 3. The van der Waals surface area contributed by atoms with E-state index < -0.39 is 5.60 Å². The lowest BCUT2D eigenvalue weighted by Crippen LogP contribution is -2.43. The van der Waals surface area contributed by atoms with Crippen molar-refractivity contribution < 1.29 is 5.11 Å². The molecule has 4 heteroatoms. The standard InChI is InChI=1S/C11H15ClN2O/c12-8-2-3-10(9(13)6-8)14-7-11(15)4-1-5-11/h2-3,6,14-15H,1,4-5,7,13H2. The molecule has 1 fully saturated rings. The van der Waals surface area contributed by atoms with Crippen molar-refractivity contribution in [1.29, 1.82) is 0 Å². The van der Waals surface area contributed by atoms with E-state index in [1.54, 1.807) is 12.1 Å². The monoisotopic (exact) mass is 226 g/mol. The van der Waals surface area contributed by atoms with Crippen LogP contribution in [-0.4, -0.2) is 17.3 Å². The van der Waals surface area contributed by atoms with Crippen LogP contribution in [0.3, 0.4) is 0 Å². The van der Waals surface area contributed by atoms with Crippen LogP contribution in [0, 0.1) is 0 Å². The molecule has 1 aliphatic rings. The Bertz CT molecular complexity index is 364. The number of anilines is 2. The Balaban J connectivity index is 1.98. The number of aliphatic hydroxyl groups is 1. The SMILES string of the molecule is Nc1cc(Cl)ccc1NCC1(O)CCC1. The molecule has 15 heavy (non-hydrogen) atoms. The van der Waals surface area contributed by atoms with Crippen molar-refractivity contribution in [2.75, 3.05) is 17.6 Å². The zero-order valence-electron chi connectivity index (χ0n) is 8.46. The Labute approximate surface area is 94.2 Å². The highest BCUT2D eigenvalue weighted by Crippen LogP contribution is 2.32. The van der Waals surface area contributed by atoms with Crippen LogP contribution in [0.5, 0.6) is 0 Å². The van der Waals surface area contributed by atoms with E-state index in [1.165, 1.54) is 0 Å². The molecule has 1 saturated carbocycles.